The Morgan fingerprint density at radius 2 is 1.44 bits per heavy atom. The second-order valence-electron chi connectivity index (χ2n) is 3.48. The molecule has 2 nitrogen and oxygen atoms in total. The van der Waals surface area contributed by atoms with Gasteiger partial charge in [0.05, 0.1) is 12.2 Å². The van der Waals surface area contributed by atoms with Crippen molar-refractivity contribution in [2.45, 2.75) is 54.4 Å². The Balaban J connectivity index is 0. The lowest BCUT2D eigenvalue weighted by Gasteiger charge is -2.01. The van der Waals surface area contributed by atoms with E-state index in [1.54, 1.807) is 19.1 Å². The minimum Gasteiger partial charge on any atom is -0.462 e. The van der Waals surface area contributed by atoms with Gasteiger partial charge in [0.25, 0.3) is 0 Å². The molecule has 0 spiro atoms. The zero-order valence-electron chi connectivity index (χ0n) is 12.7. The maximum atomic E-state index is 11.2. The average molecular weight is 252 g/mol. The molecule has 0 saturated heterocycles. The first kappa shape index (κ1) is 19.0. The van der Waals surface area contributed by atoms with Crippen LogP contribution in [0.4, 0.5) is 0 Å². The smallest absolute Gasteiger partial charge is 0.338 e. The molecule has 0 amide bonds. The van der Waals surface area contributed by atoms with Crippen molar-refractivity contribution < 1.29 is 9.53 Å². The van der Waals surface area contributed by atoms with Crippen LogP contribution in [0.25, 0.3) is 0 Å². The van der Waals surface area contributed by atoms with Crippen molar-refractivity contribution in [3.8, 4) is 0 Å². The fraction of sp³-hybridized carbons (Fsp3) is 0.562. The minimum absolute atomic E-state index is 0.245. The second kappa shape index (κ2) is 13.8. The number of carbonyl (C=O) groups is 1. The SMILES string of the molecule is CC.CCC.CCOC(=O)c1ccc(CC)cc1. The van der Waals surface area contributed by atoms with Gasteiger partial charge >= 0.3 is 5.97 Å². The highest BCUT2D eigenvalue weighted by Crippen LogP contribution is 2.06. The normalized spacial score (nSPS) is 8.33. The Morgan fingerprint density at radius 1 is 1.00 bits per heavy atom. The van der Waals surface area contributed by atoms with Gasteiger partial charge in [-0.25, -0.2) is 4.79 Å². The topological polar surface area (TPSA) is 26.3 Å². The highest BCUT2D eigenvalue weighted by molar-refractivity contribution is 5.89. The van der Waals surface area contributed by atoms with Crippen LogP contribution in [0.5, 0.6) is 0 Å². The lowest BCUT2D eigenvalue weighted by atomic mass is 10.1. The Labute approximate surface area is 112 Å². The van der Waals surface area contributed by atoms with E-state index >= 15 is 0 Å². The quantitative estimate of drug-likeness (QED) is 0.717. The second-order valence-corrected chi connectivity index (χ2v) is 3.48. The van der Waals surface area contributed by atoms with Crippen LogP contribution in [0.3, 0.4) is 0 Å². The molecule has 1 aromatic carbocycles. The lowest BCUT2D eigenvalue weighted by molar-refractivity contribution is 0.0526. The van der Waals surface area contributed by atoms with Crippen LogP contribution in [0, 0.1) is 0 Å². The molecule has 104 valence electrons. The van der Waals surface area contributed by atoms with Crippen molar-refractivity contribution in [3.05, 3.63) is 35.4 Å². The molecule has 0 unspecified atom stereocenters. The molecule has 0 aromatic heterocycles. The molecule has 0 radical (unpaired) electrons. The van der Waals surface area contributed by atoms with Gasteiger partial charge in [0, 0.05) is 0 Å². The van der Waals surface area contributed by atoms with E-state index in [0.29, 0.717) is 12.2 Å². The molecule has 0 aliphatic carbocycles. The fourth-order valence-electron chi connectivity index (χ4n) is 1.09. The molecule has 0 aliphatic rings. The molecule has 0 bridgehead atoms. The molecule has 2 heteroatoms. The highest BCUT2D eigenvalue weighted by Gasteiger charge is 2.04. The number of carbonyl (C=O) groups excluding carboxylic acids is 1. The van der Waals surface area contributed by atoms with E-state index in [9.17, 15) is 4.79 Å². The van der Waals surface area contributed by atoms with Crippen LogP contribution in [-0.4, -0.2) is 12.6 Å². The summed E-state index contributed by atoms with van der Waals surface area (Å²) in [5.74, 6) is -0.245. The molecule has 1 rings (SSSR count). The van der Waals surface area contributed by atoms with Gasteiger partial charge in [0.2, 0.25) is 0 Å². The van der Waals surface area contributed by atoms with Crippen molar-refractivity contribution in [1.29, 1.82) is 0 Å². The van der Waals surface area contributed by atoms with E-state index in [2.05, 4.69) is 20.8 Å². The number of hydrogen-bond acceptors (Lipinski definition) is 2. The standard InChI is InChI=1S/C11H14O2.C3H8.C2H6/c1-3-9-5-7-10(8-6-9)11(12)13-4-2;1-3-2;1-2/h5-8H,3-4H2,1-2H3;3H2,1-2H3;1-2H3. The number of esters is 1. The number of hydrogen-bond donors (Lipinski definition) is 0. The Morgan fingerprint density at radius 3 is 1.78 bits per heavy atom. The van der Waals surface area contributed by atoms with Crippen molar-refractivity contribution in [2.75, 3.05) is 6.61 Å². The van der Waals surface area contributed by atoms with Gasteiger partial charge in [0.1, 0.15) is 0 Å². The van der Waals surface area contributed by atoms with Crippen LogP contribution < -0.4 is 0 Å². The van der Waals surface area contributed by atoms with Crippen LogP contribution in [0.1, 0.15) is 63.9 Å². The van der Waals surface area contributed by atoms with Crippen LogP contribution in [0.15, 0.2) is 24.3 Å². The summed E-state index contributed by atoms with van der Waals surface area (Å²) in [4.78, 5) is 11.2. The lowest BCUT2D eigenvalue weighted by Crippen LogP contribution is -2.04. The molecule has 1 aromatic rings. The summed E-state index contributed by atoms with van der Waals surface area (Å²) >= 11 is 0. The van der Waals surface area contributed by atoms with Gasteiger partial charge in [-0.05, 0) is 31.0 Å². The van der Waals surface area contributed by atoms with Crippen molar-refractivity contribution in [2.24, 2.45) is 0 Å². The van der Waals surface area contributed by atoms with E-state index in [0.717, 1.165) is 6.42 Å². The molecule has 0 N–H and O–H groups in total. The fourth-order valence-corrected chi connectivity index (χ4v) is 1.09. The Bertz CT molecular complexity index is 288. The first-order chi connectivity index (χ1) is 8.69. The first-order valence-corrected chi connectivity index (χ1v) is 6.95. The average Bonchev–Trinajstić information content (AvgIpc) is 2.42. The largest absolute Gasteiger partial charge is 0.462 e. The maximum absolute atomic E-state index is 11.2. The third-order valence-electron chi connectivity index (χ3n) is 1.87. The van der Waals surface area contributed by atoms with E-state index in [-0.39, 0.29) is 5.97 Å². The summed E-state index contributed by atoms with van der Waals surface area (Å²) in [5.41, 5.74) is 1.85. The minimum atomic E-state index is -0.245. The third kappa shape index (κ3) is 8.80. The van der Waals surface area contributed by atoms with Crippen molar-refractivity contribution in [1.82, 2.24) is 0 Å². The van der Waals surface area contributed by atoms with Crippen molar-refractivity contribution in [3.63, 3.8) is 0 Å². The molecular weight excluding hydrogens is 224 g/mol. The van der Waals surface area contributed by atoms with Crippen LogP contribution in [0.2, 0.25) is 0 Å². The van der Waals surface area contributed by atoms with Gasteiger partial charge in [-0.15, -0.1) is 0 Å². The van der Waals surface area contributed by atoms with Gasteiger partial charge in [0.15, 0.2) is 0 Å². The van der Waals surface area contributed by atoms with Crippen LogP contribution in [-0.2, 0) is 11.2 Å². The molecule has 0 fully saturated rings. The summed E-state index contributed by atoms with van der Waals surface area (Å²) in [5, 5.41) is 0. The van der Waals surface area contributed by atoms with E-state index in [1.165, 1.54) is 12.0 Å². The molecular formula is C16H28O2. The molecule has 0 heterocycles. The summed E-state index contributed by atoms with van der Waals surface area (Å²) in [7, 11) is 0. The van der Waals surface area contributed by atoms with Gasteiger partial charge in [-0.3, -0.25) is 0 Å². The zero-order chi connectivity index (χ0) is 14.4. The summed E-state index contributed by atoms with van der Waals surface area (Å²) in [6.07, 6.45) is 2.24. The number of rotatable bonds is 3. The van der Waals surface area contributed by atoms with Gasteiger partial charge in [-0.1, -0.05) is 53.2 Å². The van der Waals surface area contributed by atoms with Crippen molar-refractivity contribution >= 4 is 5.97 Å². The third-order valence-corrected chi connectivity index (χ3v) is 1.87. The maximum Gasteiger partial charge on any atom is 0.338 e. The monoisotopic (exact) mass is 252 g/mol. The van der Waals surface area contributed by atoms with E-state index < -0.39 is 0 Å². The molecule has 18 heavy (non-hydrogen) atoms. The number of benzene rings is 1. The number of aryl methyl sites for hydroxylation is 1. The molecule has 0 atom stereocenters. The van der Waals surface area contributed by atoms with E-state index in [4.69, 9.17) is 4.74 Å². The van der Waals surface area contributed by atoms with Gasteiger partial charge in [-0.2, -0.15) is 0 Å². The predicted octanol–water partition coefficient (Wildman–Crippen LogP) is 4.87. The Kier molecular flexibility index (Phi) is 14.5. The summed E-state index contributed by atoms with van der Waals surface area (Å²) in [6, 6.07) is 7.51. The highest BCUT2D eigenvalue weighted by atomic mass is 16.5. The zero-order valence-corrected chi connectivity index (χ0v) is 12.7. The van der Waals surface area contributed by atoms with E-state index in [1.807, 2.05) is 26.0 Å². The summed E-state index contributed by atoms with van der Waals surface area (Å²) in [6.45, 7) is 12.6. The molecule has 0 aliphatic heterocycles. The van der Waals surface area contributed by atoms with Gasteiger partial charge < -0.3 is 4.74 Å². The van der Waals surface area contributed by atoms with Crippen LogP contribution >= 0.6 is 0 Å². The summed E-state index contributed by atoms with van der Waals surface area (Å²) < 4.78 is 4.86. The molecule has 0 saturated carbocycles. The number of ether oxygens (including phenoxy) is 1. The Hall–Kier alpha value is -1.31. The first-order valence-electron chi connectivity index (χ1n) is 6.95. The predicted molar refractivity (Wildman–Crippen MR) is 79.1 cm³/mol.